The van der Waals surface area contributed by atoms with Gasteiger partial charge in [0.05, 0.1) is 12.3 Å². The average Bonchev–Trinajstić information content (AvgIpc) is 2.12. The number of rotatable bonds is 7. The van der Waals surface area contributed by atoms with Crippen molar-refractivity contribution in [1.29, 1.82) is 0 Å². The third-order valence-corrected chi connectivity index (χ3v) is 3.29. The van der Waals surface area contributed by atoms with Crippen LogP contribution in [-0.4, -0.2) is 45.0 Å². The predicted molar refractivity (Wildman–Crippen MR) is 65.1 cm³/mol. The van der Waals surface area contributed by atoms with Crippen LogP contribution in [-0.2, 0) is 14.6 Å². The van der Waals surface area contributed by atoms with E-state index in [1.165, 1.54) is 6.26 Å². The Kier molecular flexibility index (Phi) is 6.59. The lowest BCUT2D eigenvalue weighted by Crippen LogP contribution is -2.43. The summed E-state index contributed by atoms with van der Waals surface area (Å²) in [5.74, 6) is -0.0569. The highest BCUT2D eigenvalue weighted by Crippen LogP contribution is 1.90. The monoisotopic (exact) mass is 250 g/mol. The molecule has 0 aliphatic rings. The van der Waals surface area contributed by atoms with Gasteiger partial charge in [-0.1, -0.05) is 6.92 Å². The third-order valence-electron chi connectivity index (χ3n) is 2.18. The topological polar surface area (TPSA) is 75.3 Å². The van der Waals surface area contributed by atoms with Crippen LogP contribution in [0.2, 0.25) is 0 Å². The summed E-state index contributed by atoms with van der Waals surface area (Å²) in [7, 11) is -2.99. The van der Waals surface area contributed by atoms with Crippen LogP contribution in [0, 0.1) is 0 Å². The van der Waals surface area contributed by atoms with Crippen LogP contribution in [0.15, 0.2) is 0 Å². The highest BCUT2D eigenvalue weighted by Gasteiger charge is 2.12. The van der Waals surface area contributed by atoms with Crippen LogP contribution in [0.25, 0.3) is 0 Å². The van der Waals surface area contributed by atoms with E-state index in [1.54, 1.807) is 6.92 Å². The number of carbonyl (C=O) groups excluding carboxylic acids is 1. The van der Waals surface area contributed by atoms with E-state index in [-0.39, 0.29) is 30.3 Å². The summed E-state index contributed by atoms with van der Waals surface area (Å²) in [5.41, 5.74) is 0. The highest BCUT2D eigenvalue weighted by molar-refractivity contribution is 7.90. The molecule has 0 aromatic rings. The van der Waals surface area contributed by atoms with Gasteiger partial charge in [-0.05, 0) is 20.3 Å². The maximum atomic E-state index is 11.4. The number of carbonyl (C=O) groups is 1. The van der Waals surface area contributed by atoms with Crippen LogP contribution in [0.5, 0.6) is 0 Å². The fourth-order valence-corrected chi connectivity index (χ4v) is 2.23. The lowest BCUT2D eigenvalue weighted by Gasteiger charge is -2.15. The molecule has 2 atom stereocenters. The summed E-state index contributed by atoms with van der Waals surface area (Å²) in [5, 5.41) is 5.67. The fourth-order valence-electron chi connectivity index (χ4n) is 1.21. The molecule has 0 fully saturated rings. The summed E-state index contributed by atoms with van der Waals surface area (Å²) in [4.78, 5) is 11.4. The molecular weight excluding hydrogens is 228 g/mol. The first-order valence-electron chi connectivity index (χ1n) is 5.45. The standard InChI is InChI=1S/C10H22N2O3S/c1-5-8(2)12-10(13)6-11-9(3)7-16(4,14)15/h8-9,11H,5-7H2,1-4H3,(H,12,13). The van der Waals surface area contributed by atoms with E-state index in [4.69, 9.17) is 0 Å². The highest BCUT2D eigenvalue weighted by atomic mass is 32.2. The second-order valence-electron chi connectivity index (χ2n) is 4.25. The second-order valence-corrected chi connectivity index (χ2v) is 6.44. The quantitative estimate of drug-likeness (QED) is 0.663. The molecule has 0 aromatic carbocycles. The Bertz CT molecular complexity index is 314. The van der Waals surface area contributed by atoms with Gasteiger partial charge in [0.25, 0.3) is 0 Å². The largest absolute Gasteiger partial charge is 0.353 e. The summed E-state index contributed by atoms with van der Waals surface area (Å²) < 4.78 is 21.9. The molecule has 0 spiro atoms. The smallest absolute Gasteiger partial charge is 0.234 e. The minimum absolute atomic E-state index is 0.0452. The molecule has 0 aromatic heterocycles. The predicted octanol–water partition coefficient (Wildman–Crippen LogP) is -0.0762. The maximum absolute atomic E-state index is 11.4. The molecule has 0 bridgehead atoms. The van der Waals surface area contributed by atoms with Gasteiger partial charge in [-0.25, -0.2) is 8.42 Å². The van der Waals surface area contributed by atoms with E-state index in [9.17, 15) is 13.2 Å². The lowest BCUT2D eigenvalue weighted by atomic mass is 10.2. The van der Waals surface area contributed by atoms with Crippen LogP contribution in [0.3, 0.4) is 0 Å². The molecule has 96 valence electrons. The van der Waals surface area contributed by atoms with Crippen molar-refractivity contribution < 1.29 is 13.2 Å². The molecule has 0 aliphatic carbocycles. The van der Waals surface area contributed by atoms with E-state index >= 15 is 0 Å². The molecule has 5 nitrogen and oxygen atoms in total. The van der Waals surface area contributed by atoms with Crippen molar-refractivity contribution in [2.24, 2.45) is 0 Å². The van der Waals surface area contributed by atoms with Crippen LogP contribution in [0.4, 0.5) is 0 Å². The van der Waals surface area contributed by atoms with E-state index in [1.807, 2.05) is 13.8 Å². The van der Waals surface area contributed by atoms with Crippen molar-refractivity contribution >= 4 is 15.7 Å². The fraction of sp³-hybridized carbons (Fsp3) is 0.900. The molecule has 2 N–H and O–H groups in total. The normalized spacial score (nSPS) is 15.5. The molecule has 0 saturated carbocycles. The van der Waals surface area contributed by atoms with Gasteiger partial charge in [-0.3, -0.25) is 4.79 Å². The molecular formula is C10H22N2O3S. The van der Waals surface area contributed by atoms with Crippen molar-refractivity contribution in [2.75, 3.05) is 18.6 Å². The molecule has 2 unspecified atom stereocenters. The van der Waals surface area contributed by atoms with Crippen molar-refractivity contribution in [3.05, 3.63) is 0 Å². The Balaban J connectivity index is 3.84. The van der Waals surface area contributed by atoms with Gasteiger partial charge in [-0.15, -0.1) is 0 Å². The Morgan fingerprint density at radius 3 is 2.25 bits per heavy atom. The minimum Gasteiger partial charge on any atom is -0.353 e. The average molecular weight is 250 g/mol. The van der Waals surface area contributed by atoms with E-state index in [0.29, 0.717) is 0 Å². The Labute approximate surface area is 97.9 Å². The molecule has 16 heavy (non-hydrogen) atoms. The Morgan fingerprint density at radius 1 is 1.25 bits per heavy atom. The molecule has 0 saturated heterocycles. The third kappa shape index (κ3) is 8.67. The zero-order chi connectivity index (χ0) is 12.8. The van der Waals surface area contributed by atoms with Gasteiger partial charge in [0.1, 0.15) is 9.84 Å². The van der Waals surface area contributed by atoms with Crippen molar-refractivity contribution in [3.8, 4) is 0 Å². The first-order valence-corrected chi connectivity index (χ1v) is 7.51. The van der Waals surface area contributed by atoms with E-state index in [2.05, 4.69) is 10.6 Å². The Morgan fingerprint density at radius 2 is 1.81 bits per heavy atom. The molecule has 0 rings (SSSR count). The first kappa shape index (κ1) is 15.4. The van der Waals surface area contributed by atoms with E-state index < -0.39 is 9.84 Å². The summed E-state index contributed by atoms with van der Waals surface area (Å²) in [6.07, 6.45) is 2.06. The molecule has 6 heteroatoms. The lowest BCUT2D eigenvalue weighted by molar-refractivity contribution is -0.120. The second kappa shape index (κ2) is 6.85. The van der Waals surface area contributed by atoms with Crippen LogP contribution in [0.1, 0.15) is 27.2 Å². The first-order chi connectivity index (χ1) is 7.24. The van der Waals surface area contributed by atoms with Gasteiger partial charge in [0.2, 0.25) is 5.91 Å². The van der Waals surface area contributed by atoms with Crippen molar-refractivity contribution in [2.45, 2.75) is 39.3 Å². The van der Waals surface area contributed by atoms with Crippen molar-refractivity contribution in [3.63, 3.8) is 0 Å². The summed E-state index contributed by atoms with van der Waals surface area (Å²) in [6, 6.07) is -0.0582. The summed E-state index contributed by atoms with van der Waals surface area (Å²) >= 11 is 0. The van der Waals surface area contributed by atoms with Crippen LogP contribution < -0.4 is 10.6 Å². The number of amides is 1. The van der Waals surface area contributed by atoms with E-state index in [0.717, 1.165) is 6.42 Å². The van der Waals surface area contributed by atoms with Gasteiger partial charge in [0.15, 0.2) is 0 Å². The van der Waals surface area contributed by atoms with Gasteiger partial charge < -0.3 is 10.6 Å². The van der Waals surface area contributed by atoms with Gasteiger partial charge >= 0.3 is 0 Å². The summed E-state index contributed by atoms with van der Waals surface area (Å²) in [6.45, 7) is 5.82. The van der Waals surface area contributed by atoms with Gasteiger partial charge in [-0.2, -0.15) is 0 Å². The zero-order valence-corrected chi connectivity index (χ0v) is 11.2. The molecule has 0 aliphatic heterocycles. The molecule has 0 heterocycles. The number of nitrogens with one attached hydrogen (secondary N) is 2. The molecule has 0 radical (unpaired) electrons. The van der Waals surface area contributed by atoms with Crippen LogP contribution >= 0.6 is 0 Å². The SMILES string of the molecule is CCC(C)NC(=O)CNC(C)CS(C)(=O)=O. The minimum atomic E-state index is -2.99. The maximum Gasteiger partial charge on any atom is 0.234 e. The number of hydrogen-bond acceptors (Lipinski definition) is 4. The zero-order valence-electron chi connectivity index (χ0n) is 10.4. The van der Waals surface area contributed by atoms with Gasteiger partial charge in [0, 0.05) is 18.3 Å². The van der Waals surface area contributed by atoms with Crippen molar-refractivity contribution in [1.82, 2.24) is 10.6 Å². The molecule has 1 amide bonds. The Hall–Kier alpha value is -0.620. The number of sulfone groups is 1. The number of hydrogen-bond donors (Lipinski definition) is 2.